The Bertz CT molecular complexity index is 940. The summed E-state index contributed by atoms with van der Waals surface area (Å²) in [6.45, 7) is 3.79. The molecule has 3 rings (SSSR count). The highest BCUT2D eigenvalue weighted by atomic mass is 16.5. The summed E-state index contributed by atoms with van der Waals surface area (Å²) in [7, 11) is 5.04. The fourth-order valence-electron chi connectivity index (χ4n) is 2.81. The molecular formula is C18H19N3O4. The Hall–Kier alpha value is -3.09. The topological polar surface area (TPSA) is 79.4 Å². The minimum atomic E-state index is 0.313. The second kappa shape index (κ2) is 6.43. The number of hydrogen-bond donors (Lipinski definition) is 0. The van der Waals surface area contributed by atoms with Gasteiger partial charge >= 0.3 is 0 Å². The molecule has 0 atom stereocenters. The Balaban J connectivity index is 2.08. The highest BCUT2D eigenvalue weighted by molar-refractivity contribution is 5.89. The first-order valence-electron chi connectivity index (χ1n) is 7.69. The fraction of sp³-hybridized carbons (Fsp3) is 0.278. The molecule has 0 aliphatic heterocycles. The number of aromatic nitrogens is 3. The molecule has 0 spiro atoms. The van der Waals surface area contributed by atoms with Gasteiger partial charge in [0.25, 0.3) is 5.89 Å². The van der Waals surface area contributed by atoms with Crippen molar-refractivity contribution in [2.45, 2.75) is 13.8 Å². The van der Waals surface area contributed by atoms with Crippen LogP contribution < -0.4 is 9.47 Å². The van der Waals surface area contributed by atoms with Crippen molar-refractivity contribution in [3.8, 4) is 34.3 Å². The monoisotopic (exact) mass is 341 g/mol. The van der Waals surface area contributed by atoms with Crippen LogP contribution in [0.5, 0.6) is 11.5 Å². The summed E-state index contributed by atoms with van der Waals surface area (Å²) in [6, 6.07) is 5.37. The number of ether oxygens (including phenoxy) is 2. The number of aldehydes is 1. The zero-order chi connectivity index (χ0) is 18.1. The number of hydrogen-bond acceptors (Lipinski definition) is 6. The van der Waals surface area contributed by atoms with Gasteiger partial charge in [-0.1, -0.05) is 5.16 Å². The molecule has 7 heteroatoms. The number of rotatable bonds is 5. The number of methoxy groups -OCH3 is 2. The minimum absolute atomic E-state index is 0.313. The van der Waals surface area contributed by atoms with E-state index >= 15 is 0 Å². The maximum atomic E-state index is 11.5. The van der Waals surface area contributed by atoms with Crippen molar-refractivity contribution in [3.05, 3.63) is 35.2 Å². The molecule has 25 heavy (non-hydrogen) atoms. The Kier molecular flexibility index (Phi) is 4.31. The predicted molar refractivity (Wildman–Crippen MR) is 92.1 cm³/mol. The van der Waals surface area contributed by atoms with Gasteiger partial charge in [0.2, 0.25) is 5.82 Å². The summed E-state index contributed by atoms with van der Waals surface area (Å²) in [5, 5.41) is 4.04. The van der Waals surface area contributed by atoms with E-state index in [4.69, 9.17) is 14.0 Å². The zero-order valence-corrected chi connectivity index (χ0v) is 14.8. The van der Waals surface area contributed by atoms with Gasteiger partial charge in [0.05, 0.1) is 19.8 Å². The second-order valence-corrected chi connectivity index (χ2v) is 5.63. The Morgan fingerprint density at radius 3 is 2.48 bits per heavy atom. The van der Waals surface area contributed by atoms with Crippen molar-refractivity contribution in [3.63, 3.8) is 0 Å². The Morgan fingerprint density at radius 2 is 1.84 bits per heavy atom. The predicted octanol–water partition coefficient (Wildman–Crippen LogP) is 3.19. The molecule has 0 N–H and O–H groups in total. The molecule has 0 aliphatic rings. The van der Waals surface area contributed by atoms with Crippen LogP contribution in [-0.4, -0.2) is 35.2 Å². The van der Waals surface area contributed by atoms with Crippen molar-refractivity contribution in [1.82, 2.24) is 14.7 Å². The van der Waals surface area contributed by atoms with Gasteiger partial charge in [-0.05, 0) is 32.0 Å². The van der Waals surface area contributed by atoms with Gasteiger partial charge in [-0.25, -0.2) is 0 Å². The highest BCUT2D eigenvalue weighted by Crippen LogP contribution is 2.34. The molecule has 0 aliphatic carbocycles. The molecule has 0 amide bonds. The standard InChI is InChI=1S/C18H19N3O4/c1-10-13(9-22)16(11(2)21(10)3)18-19-17(20-25-18)12-6-7-14(23-4)15(8-12)24-5/h6-9H,1-5H3. The molecule has 1 aromatic carbocycles. The maximum Gasteiger partial charge on any atom is 0.260 e. The smallest absolute Gasteiger partial charge is 0.260 e. The minimum Gasteiger partial charge on any atom is -0.493 e. The summed E-state index contributed by atoms with van der Waals surface area (Å²) < 4.78 is 17.9. The largest absolute Gasteiger partial charge is 0.493 e. The summed E-state index contributed by atoms with van der Waals surface area (Å²) in [5.41, 5.74) is 3.69. The van der Waals surface area contributed by atoms with Gasteiger partial charge in [-0.2, -0.15) is 4.98 Å². The molecule has 0 unspecified atom stereocenters. The first-order chi connectivity index (χ1) is 12.0. The van der Waals surface area contributed by atoms with Crippen LogP contribution in [0.4, 0.5) is 0 Å². The lowest BCUT2D eigenvalue weighted by Crippen LogP contribution is -1.93. The van der Waals surface area contributed by atoms with E-state index in [1.54, 1.807) is 26.4 Å². The third kappa shape index (κ3) is 2.67. The van der Waals surface area contributed by atoms with Gasteiger partial charge in [0, 0.05) is 29.6 Å². The SMILES string of the molecule is COc1ccc(-c2noc(-c3c(C=O)c(C)n(C)c3C)n2)cc1OC. The molecule has 0 radical (unpaired) electrons. The molecule has 2 heterocycles. The van der Waals surface area contributed by atoms with Gasteiger partial charge in [0.15, 0.2) is 17.8 Å². The molecule has 7 nitrogen and oxygen atoms in total. The van der Waals surface area contributed by atoms with E-state index in [0.717, 1.165) is 23.2 Å². The average Bonchev–Trinajstić information content (AvgIpc) is 3.20. The van der Waals surface area contributed by atoms with Crippen LogP contribution in [0.1, 0.15) is 21.7 Å². The summed E-state index contributed by atoms with van der Waals surface area (Å²) in [6.07, 6.45) is 0.817. The van der Waals surface area contributed by atoms with Gasteiger partial charge < -0.3 is 18.6 Å². The van der Waals surface area contributed by atoms with Gasteiger partial charge in [0.1, 0.15) is 0 Å². The van der Waals surface area contributed by atoms with E-state index in [0.29, 0.717) is 34.3 Å². The van der Waals surface area contributed by atoms with Crippen LogP contribution in [0, 0.1) is 13.8 Å². The number of nitrogens with zero attached hydrogens (tertiary/aromatic N) is 3. The van der Waals surface area contributed by atoms with Gasteiger partial charge in [-0.15, -0.1) is 0 Å². The molecule has 0 bridgehead atoms. The van der Waals surface area contributed by atoms with E-state index in [-0.39, 0.29) is 0 Å². The number of benzene rings is 1. The summed E-state index contributed by atoms with van der Waals surface area (Å²) >= 11 is 0. The van der Waals surface area contributed by atoms with E-state index in [1.807, 2.05) is 31.5 Å². The normalized spacial score (nSPS) is 10.8. The van der Waals surface area contributed by atoms with E-state index in [2.05, 4.69) is 10.1 Å². The number of carbonyl (C=O) groups is 1. The van der Waals surface area contributed by atoms with Crippen LogP contribution in [-0.2, 0) is 7.05 Å². The van der Waals surface area contributed by atoms with E-state index in [1.165, 1.54) is 0 Å². The highest BCUT2D eigenvalue weighted by Gasteiger charge is 2.22. The molecular weight excluding hydrogens is 322 g/mol. The average molecular weight is 341 g/mol. The van der Waals surface area contributed by atoms with Crippen LogP contribution in [0.2, 0.25) is 0 Å². The second-order valence-electron chi connectivity index (χ2n) is 5.63. The summed E-state index contributed by atoms with van der Waals surface area (Å²) in [4.78, 5) is 15.9. The lowest BCUT2D eigenvalue weighted by Gasteiger charge is -2.07. The van der Waals surface area contributed by atoms with E-state index in [9.17, 15) is 4.79 Å². The lowest BCUT2D eigenvalue weighted by molar-refractivity contribution is 0.112. The van der Waals surface area contributed by atoms with E-state index < -0.39 is 0 Å². The number of carbonyl (C=O) groups excluding carboxylic acids is 1. The van der Waals surface area contributed by atoms with Crippen molar-refractivity contribution in [2.75, 3.05) is 14.2 Å². The molecule has 0 saturated heterocycles. The molecule has 0 fully saturated rings. The fourth-order valence-corrected chi connectivity index (χ4v) is 2.81. The van der Waals surface area contributed by atoms with Crippen LogP contribution >= 0.6 is 0 Å². The Labute approximate surface area is 145 Å². The first kappa shape index (κ1) is 16.8. The third-order valence-electron chi connectivity index (χ3n) is 4.43. The molecule has 130 valence electrons. The lowest BCUT2D eigenvalue weighted by atomic mass is 10.1. The van der Waals surface area contributed by atoms with Crippen LogP contribution in [0.15, 0.2) is 22.7 Å². The maximum absolute atomic E-state index is 11.5. The quantitative estimate of drug-likeness (QED) is 0.663. The van der Waals surface area contributed by atoms with Crippen molar-refractivity contribution >= 4 is 6.29 Å². The third-order valence-corrected chi connectivity index (χ3v) is 4.43. The van der Waals surface area contributed by atoms with Crippen molar-refractivity contribution in [2.24, 2.45) is 7.05 Å². The zero-order valence-electron chi connectivity index (χ0n) is 14.8. The van der Waals surface area contributed by atoms with Crippen LogP contribution in [0.3, 0.4) is 0 Å². The van der Waals surface area contributed by atoms with Crippen molar-refractivity contribution in [1.29, 1.82) is 0 Å². The summed E-state index contributed by atoms with van der Waals surface area (Å²) in [5.74, 6) is 1.92. The first-order valence-corrected chi connectivity index (χ1v) is 7.69. The van der Waals surface area contributed by atoms with Crippen molar-refractivity contribution < 1.29 is 18.8 Å². The van der Waals surface area contributed by atoms with Gasteiger partial charge in [-0.3, -0.25) is 4.79 Å². The Morgan fingerprint density at radius 1 is 1.12 bits per heavy atom. The molecule has 3 aromatic rings. The van der Waals surface area contributed by atoms with Crippen LogP contribution in [0.25, 0.3) is 22.8 Å². The molecule has 2 aromatic heterocycles. The molecule has 0 saturated carbocycles.